The molecule has 0 aliphatic heterocycles. The van der Waals surface area contributed by atoms with Gasteiger partial charge in [0.15, 0.2) is 0 Å². The lowest BCUT2D eigenvalue weighted by Gasteiger charge is -2.13. The molecule has 4 heteroatoms. The van der Waals surface area contributed by atoms with E-state index in [1.165, 1.54) is 7.11 Å². The molecule has 1 aromatic rings. The molecule has 0 aliphatic carbocycles. The first-order valence-corrected chi connectivity index (χ1v) is 4.69. The van der Waals surface area contributed by atoms with E-state index in [-0.39, 0.29) is 12.1 Å². The molecule has 1 atom stereocenters. The van der Waals surface area contributed by atoms with Crippen LogP contribution in [0.3, 0.4) is 0 Å². The molecule has 0 aliphatic rings. The van der Waals surface area contributed by atoms with Gasteiger partial charge in [0, 0.05) is 6.04 Å². The number of carbonyl (C=O) groups excluding carboxylic acids is 1. The van der Waals surface area contributed by atoms with E-state index in [4.69, 9.17) is 0 Å². The van der Waals surface area contributed by atoms with Crippen LogP contribution in [-0.4, -0.2) is 19.2 Å². The van der Waals surface area contributed by atoms with Crippen molar-refractivity contribution >= 4 is 6.03 Å². The monoisotopic (exact) mass is 207 g/mol. The third-order valence-electron chi connectivity index (χ3n) is 1.85. The maximum absolute atomic E-state index is 11.1. The molecule has 15 heavy (non-hydrogen) atoms. The highest BCUT2D eigenvalue weighted by atomic mass is 16.6. The minimum absolute atomic E-state index is 0.178. The average molecular weight is 207 g/mol. The van der Waals surface area contributed by atoms with E-state index in [9.17, 15) is 4.79 Å². The lowest BCUT2D eigenvalue weighted by molar-refractivity contribution is 0.106. The summed E-state index contributed by atoms with van der Waals surface area (Å²) in [7, 11) is 1.38. The third-order valence-corrected chi connectivity index (χ3v) is 1.85. The summed E-state index contributed by atoms with van der Waals surface area (Å²) >= 11 is 0. The van der Waals surface area contributed by atoms with Gasteiger partial charge in [0.05, 0.1) is 7.11 Å². The van der Waals surface area contributed by atoms with Gasteiger partial charge in [-0.25, -0.2) is 10.3 Å². The van der Waals surface area contributed by atoms with Crippen LogP contribution < -0.4 is 10.8 Å². The molecule has 1 radical (unpaired) electrons. The van der Waals surface area contributed by atoms with Gasteiger partial charge in [-0.1, -0.05) is 30.3 Å². The Kier molecular flexibility index (Phi) is 4.63. The lowest BCUT2D eigenvalue weighted by atomic mass is 10.1. The van der Waals surface area contributed by atoms with E-state index in [1.807, 2.05) is 30.3 Å². The summed E-state index contributed by atoms with van der Waals surface area (Å²) in [6.45, 7) is 3.83. The second-order valence-corrected chi connectivity index (χ2v) is 3.17. The molecule has 0 spiro atoms. The van der Waals surface area contributed by atoms with Crippen molar-refractivity contribution < 1.29 is 9.63 Å². The molecule has 0 bridgehead atoms. The molecule has 2 amide bonds. The highest BCUT2D eigenvalue weighted by molar-refractivity contribution is 5.73. The Morgan fingerprint density at radius 1 is 1.47 bits per heavy atom. The van der Waals surface area contributed by atoms with Crippen molar-refractivity contribution in [1.82, 2.24) is 10.8 Å². The number of carbonyl (C=O) groups is 1. The predicted molar refractivity (Wildman–Crippen MR) is 58.0 cm³/mol. The highest BCUT2D eigenvalue weighted by Crippen LogP contribution is 2.02. The molecule has 0 unspecified atom stereocenters. The van der Waals surface area contributed by atoms with E-state index in [2.05, 4.69) is 22.6 Å². The van der Waals surface area contributed by atoms with E-state index in [0.717, 1.165) is 5.56 Å². The van der Waals surface area contributed by atoms with Gasteiger partial charge in [-0.15, -0.1) is 0 Å². The van der Waals surface area contributed by atoms with Crippen LogP contribution in [0.1, 0.15) is 5.56 Å². The molecular weight excluding hydrogens is 192 g/mol. The summed E-state index contributed by atoms with van der Waals surface area (Å²) in [5.41, 5.74) is 3.31. The first-order chi connectivity index (χ1) is 7.22. The smallest absolute Gasteiger partial charge is 0.333 e. The van der Waals surface area contributed by atoms with E-state index in [0.29, 0.717) is 6.42 Å². The Bertz CT molecular complexity index is 301. The van der Waals surface area contributed by atoms with Crippen LogP contribution in [0, 0.1) is 6.92 Å². The molecule has 0 aromatic heterocycles. The van der Waals surface area contributed by atoms with Crippen molar-refractivity contribution in [1.29, 1.82) is 0 Å². The van der Waals surface area contributed by atoms with Crippen molar-refractivity contribution in [2.75, 3.05) is 7.11 Å². The maximum Gasteiger partial charge on any atom is 0.338 e. The van der Waals surface area contributed by atoms with Crippen LogP contribution in [0.15, 0.2) is 30.3 Å². The average Bonchev–Trinajstić information content (AvgIpc) is 2.19. The van der Waals surface area contributed by atoms with Crippen LogP contribution in [0.5, 0.6) is 0 Å². The molecule has 0 heterocycles. The Hall–Kier alpha value is -1.55. The Labute approximate surface area is 89.6 Å². The Morgan fingerprint density at radius 3 is 2.73 bits per heavy atom. The largest absolute Gasteiger partial charge is 0.338 e. The standard InChI is InChI=1S/C11H15N2O2/c1-9(12-11(14)13-15-2)8-10-6-4-3-5-7-10/h3-7,9H,1,8H2,2H3,(H2,12,13,14)/t9-/m0/s1. The summed E-state index contributed by atoms with van der Waals surface area (Å²) in [6, 6.07) is 9.29. The fraction of sp³-hybridized carbons (Fsp3) is 0.273. The number of hydrogen-bond donors (Lipinski definition) is 2. The summed E-state index contributed by atoms with van der Waals surface area (Å²) in [5, 5.41) is 2.64. The quantitative estimate of drug-likeness (QED) is 0.731. The number of rotatable bonds is 4. The number of amides is 2. The zero-order chi connectivity index (χ0) is 11.1. The van der Waals surface area contributed by atoms with Crippen molar-refractivity contribution in [3.8, 4) is 0 Å². The Morgan fingerprint density at radius 2 is 2.13 bits per heavy atom. The SMILES string of the molecule is [CH2][C@@H](Cc1ccccc1)NC(=O)NOC. The highest BCUT2D eigenvalue weighted by Gasteiger charge is 2.06. The lowest BCUT2D eigenvalue weighted by Crippen LogP contribution is -2.41. The molecule has 2 N–H and O–H groups in total. The first-order valence-electron chi connectivity index (χ1n) is 4.69. The van der Waals surface area contributed by atoms with Crippen LogP contribution in [0.2, 0.25) is 0 Å². The van der Waals surface area contributed by atoms with Gasteiger partial charge in [0.1, 0.15) is 0 Å². The number of hydrogen-bond acceptors (Lipinski definition) is 2. The molecule has 81 valence electrons. The fourth-order valence-electron chi connectivity index (χ4n) is 1.26. The summed E-state index contributed by atoms with van der Waals surface area (Å²) in [5.74, 6) is 0. The number of nitrogens with one attached hydrogen (secondary N) is 2. The van der Waals surface area contributed by atoms with Gasteiger partial charge in [-0.2, -0.15) is 0 Å². The number of benzene rings is 1. The van der Waals surface area contributed by atoms with Crippen LogP contribution >= 0.6 is 0 Å². The maximum atomic E-state index is 11.1. The molecule has 0 saturated carbocycles. The zero-order valence-electron chi connectivity index (χ0n) is 8.69. The van der Waals surface area contributed by atoms with Crippen LogP contribution in [0.25, 0.3) is 0 Å². The molecule has 1 rings (SSSR count). The minimum Gasteiger partial charge on any atom is -0.333 e. The number of hydroxylamine groups is 1. The van der Waals surface area contributed by atoms with Gasteiger partial charge in [-0.3, -0.25) is 4.84 Å². The van der Waals surface area contributed by atoms with Crippen LogP contribution in [-0.2, 0) is 11.3 Å². The molecule has 1 aromatic carbocycles. The van der Waals surface area contributed by atoms with Crippen molar-refractivity contribution in [2.24, 2.45) is 0 Å². The summed E-state index contributed by atoms with van der Waals surface area (Å²) in [4.78, 5) is 15.5. The van der Waals surface area contributed by atoms with E-state index < -0.39 is 0 Å². The topological polar surface area (TPSA) is 50.4 Å². The molecule has 0 saturated heterocycles. The zero-order valence-corrected chi connectivity index (χ0v) is 8.69. The number of urea groups is 1. The van der Waals surface area contributed by atoms with E-state index in [1.54, 1.807) is 0 Å². The summed E-state index contributed by atoms with van der Waals surface area (Å²) < 4.78 is 0. The van der Waals surface area contributed by atoms with Gasteiger partial charge in [0.2, 0.25) is 0 Å². The van der Waals surface area contributed by atoms with Gasteiger partial charge in [-0.05, 0) is 18.9 Å². The van der Waals surface area contributed by atoms with Crippen molar-refractivity contribution in [2.45, 2.75) is 12.5 Å². The Balaban J connectivity index is 2.36. The van der Waals surface area contributed by atoms with Gasteiger partial charge < -0.3 is 5.32 Å². The van der Waals surface area contributed by atoms with Gasteiger partial charge in [0.25, 0.3) is 0 Å². The minimum atomic E-state index is -0.381. The third kappa shape index (κ3) is 4.46. The molecular formula is C11H15N2O2. The summed E-state index contributed by atoms with van der Waals surface area (Å²) in [6.07, 6.45) is 0.692. The normalized spacial score (nSPS) is 11.9. The predicted octanol–water partition coefficient (Wildman–Crippen LogP) is 1.29. The molecule has 4 nitrogen and oxygen atoms in total. The van der Waals surface area contributed by atoms with Gasteiger partial charge >= 0.3 is 6.03 Å². The van der Waals surface area contributed by atoms with Crippen LogP contribution in [0.4, 0.5) is 4.79 Å². The first kappa shape index (κ1) is 11.5. The van der Waals surface area contributed by atoms with E-state index >= 15 is 0 Å². The van der Waals surface area contributed by atoms with Crippen molar-refractivity contribution in [3.63, 3.8) is 0 Å². The second-order valence-electron chi connectivity index (χ2n) is 3.17. The second kappa shape index (κ2) is 6.03. The molecule has 0 fully saturated rings. The van der Waals surface area contributed by atoms with Crippen molar-refractivity contribution in [3.05, 3.63) is 42.8 Å². The fourth-order valence-corrected chi connectivity index (χ4v) is 1.26.